The van der Waals surface area contributed by atoms with E-state index in [0.29, 0.717) is 5.56 Å². The maximum Gasteiger partial charge on any atom is 0.164 e. The van der Waals surface area contributed by atoms with Crippen LogP contribution in [0.1, 0.15) is 37.0 Å². The highest BCUT2D eigenvalue weighted by Gasteiger charge is 2.19. The fraction of sp³-hybridized carbons (Fsp3) is 0.263. The first kappa shape index (κ1) is 16.7. The van der Waals surface area contributed by atoms with E-state index in [0.717, 1.165) is 46.5 Å². The van der Waals surface area contributed by atoms with Crippen LogP contribution in [-0.4, -0.2) is 21.9 Å². The van der Waals surface area contributed by atoms with Crippen LogP contribution in [0.25, 0.3) is 16.8 Å². The van der Waals surface area contributed by atoms with Crippen LogP contribution in [0.5, 0.6) is 0 Å². The van der Waals surface area contributed by atoms with Crippen LogP contribution in [-0.2, 0) is 0 Å². The monoisotopic (exact) mass is 385 g/mol. The molecular formula is C19H20BrN3O. The molecule has 0 aliphatic carbocycles. The number of rotatable bonds is 6. The van der Waals surface area contributed by atoms with Gasteiger partial charge in [0.05, 0.1) is 11.1 Å². The van der Waals surface area contributed by atoms with Crippen molar-refractivity contribution in [2.45, 2.75) is 26.7 Å². The molecule has 5 heteroatoms. The van der Waals surface area contributed by atoms with Gasteiger partial charge in [0, 0.05) is 16.6 Å². The SMILES string of the molecule is CCCCNc1cccc2c(C(C)=O)c(-c3ccc(Br)cc3)nn12. The second kappa shape index (κ2) is 7.18. The number of hydrogen-bond donors (Lipinski definition) is 1. The lowest BCUT2D eigenvalue weighted by Crippen LogP contribution is -2.06. The van der Waals surface area contributed by atoms with Gasteiger partial charge in [-0.15, -0.1) is 0 Å². The summed E-state index contributed by atoms with van der Waals surface area (Å²) in [7, 11) is 0. The van der Waals surface area contributed by atoms with E-state index < -0.39 is 0 Å². The van der Waals surface area contributed by atoms with Crippen LogP contribution in [0, 0.1) is 0 Å². The third-order valence-corrected chi connectivity index (χ3v) is 4.49. The predicted molar refractivity (Wildman–Crippen MR) is 102 cm³/mol. The molecule has 2 heterocycles. The van der Waals surface area contributed by atoms with Crippen LogP contribution in [0.15, 0.2) is 46.9 Å². The van der Waals surface area contributed by atoms with Gasteiger partial charge in [-0.1, -0.05) is 47.5 Å². The van der Waals surface area contributed by atoms with E-state index in [4.69, 9.17) is 5.10 Å². The zero-order valence-electron chi connectivity index (χ0n) is 13.8. The molecule has 0 saturated heterocycles. The molecule has 1 aromatic carbocycles. The number of anilines is 1. The fourth-order valence-corrected chi connectivity index (χ4v) is 3.02. The number of halogens is 1. The van der Waals surface area contributed by atoms with Gasteiger partial charge in [-0.05, 0) is 37.6 Å². The van der Waals surface area contributed by atoms with Gasteiger partial charge in [-0.3, -0.25) is 4.79 Å². The van der Waals surface area contributed by atoms with E-state index in [2.05, 4.69) is 28.2 Å². The number of carbonyl (C=O) groups is 1. The number of pyridine rings is 1. The number of nitrogens with one attached hydrogen (secondary N) is 1. The minimum Gasteiger partial charge on any atom is -0.370 e. The van der Waals surface area contributed by atoms with E-state index >= 15 is 0 Å². The molecule has 0 spiro atoms. The van der Waals surface area contributed by atoms with Gasteiger partial charge >= 0.3 is 0 Å². The quantitative estimate of drug-likeness (QED) is 0.469. The number of Topliss-reactive ketones (excluding diaryl/α,β-unsaturated/α-hetero) is 1. The minimum atomic E-state index is 0.0219. The summed E-state index contributed by atoms with van der Waals surface area (Å²) >= 11 is 3.44. The topological polar surface area (TPSA) is 46.4 Å². The lowest BCUT2D eigenvalue weighted by Gasteiger charge is -2.07. The van der Waals surface area contributed by atoms with Crippen molar-refractivity contribution >= 4 is 33.0 Å². The smallest absolute Gasteiger partial charge is 0.164 e. The van der Waals surface area contributed by atoms with Gasteiger partial charge in [-0.25, -0.2) is 4.52 Å². The third-order valence-electron chi connectivity index (χ3n) is 3.96. The molecule has 4 nitrogen and oxygen atoms in total. The summed E-state index contributed by atoms with van der Waals surface area (Å²) in [4.78, 5) is 12.3. The first-order valence-corrected chi connectivity index (χ1v) is 8.93. The summed E-state index contributed by atoms with van der Waals surface area (Å²) in [5.41, 5.74) is 3.16. The van der Waals surface area contributed by atoms with Crippen molar-refractivity contribution in [1.29, 1.82) is 0 Å². The highest BCUT2D eigenvalue weighted by atomic mass is 79.9. The molecule has 0 unspecified atom stereocenters. The second-order valence-electron chi connectivity index (χ2n) is 5.78. The van der Waals surface area contributed by atoms with Crippen LogP contribution < -0.4 is 5.32 Å². The molecule has 1 N–H and O–H groups in total. The van der Waals surface area contributed by atoms with Crippen molar-refractivity contribution in [2.24, 2.45) is 0 Å². The molecule has 0 bridgehead atoms. The van der Waals surface area contributed by atoms with Crippen LogP contribution >= 0.6 is 15.9 Å². The molecule has 0 aliphatic heterocycles. The number of ketones is 1. The van der Waals surface area contributed by atoms with Crippen molar-refractivity contribution in [3.63, 3.8) is 0 Å². The predicted octanol–water partition coefficient (Wildman–Crippen LogP) is 5.18. The molecule has 124 valence electrons. The van der Waals surface area contributed by atoms with E-state index in [1.54, 1.807) is 6.92 Å². The number of aromatic nitrogens is 2. The van der Waals surface area contributed by atoms with Gasteiger partial charge in [0.2, 0.25) is 0 Å². The summed E-state index contributed by atoms with van der Waals surface area (Å²) < 4.78 is 2.84. The molecule has 3 aromatic rings. The number of hydrogen-bond acceptors (Lipinski definition) is 3. The van der Waals surface area contributed by atoms with Gasteiger partial charge in [0.25, 0.3) is 0 Å². The highest BCUT2D eigenvalue weighted by molar-refractivity contribution is 9.10. The summed E-state index contributed by atoms with van der Waals surface area (Å²) in [5, 5.41) is 8.14. The first-order valence-electron chi connectivity index (χ1n) is 8.14. The Morgan fingerprint density at radius 1 is 1.21 bits per heavy atom. The van der Waals surface area contributed by atoms with Crippen molar-refractivity contribution in [3.8, 4) is 11.3 Å². The van der Waals surface area contributed by atoms with Gasteiger partial charge in [0.1, 0.15) is 11.5 Å². The Kier molecular flexibility index (Phi) is 5.00. The Balaban J connectivity index is 2.15. The normalized spacial score (nSPS) is 11.0. The second-order valence-corrected chi connectivity index (χ2v) is 6.69. The molecule has 24 heavy (non-hydrogen) atoms. The largest absolute Gasteiger partial charge is 0.370 e. The number of nitrogens with zero attached hydrogens (tertiary/aromatic N) is 2. The van der Waals surface area contributed by atoms with Gasteiger partial charge in [-0.2, -0.15) is 5.10 Å². The molecule has 0 radical (unpaired) electrons. The Morgan fingerprint density at radius 3 is 2.62 bits per heavy atom. The van der Waals surface area contributed by atoms with Crippen molar-refractivity contribution in [2.75, 3.05) is 11.9 Å². The van der Waals surface area contributed by atoms with Crippen molar-refractivity contribution in [3.05, 3.63) is 52.5 Å². The van der Waals surface area contributed by atoms with E-state index in [1.165, 1.54) is 0 Å². The Morgan fingerprint density at radius 2 is 1.96 bits per heavy atom. The molecule has 3 rings (SSSR count). The average Bonchev–Trinajstić information content (AvgIpc) is 2.96. The Hall–Kier alpha value is -2.14. The Bertz CT molecular complexity index is 868. The maximum absolute atomic E-state index is 12.3. The van der Waals surface area contributed by atoms with Crippen molar-refractivity contribution in [1.82, 2.24) is 9.61 Å². The van der Waals surface area contributed by atoms with E-state index in [-0.39, 0.29) is 5.78 Å². The average molecular weight is 386 g/mol. The van der Waals surface area contributed by atoms with Crippen LogP contribution in [0.2, 0.25) is 0 Å². The zero-order chi connectivity index (χ0) is 17.1. The zero-order valence-corrected chi connectivity index (χ0v) is 15.4. The van der Waals surface area contributed by atoms with E-state index in [1.807, 2.05) is 47.0 Å². The molecular weight excluding hydrogens is 366 g/mol. The first-order chi connectivity index (χ1) is 11.6. The maximum atomic E-state index is 12.3. The number of benzene rings is 1. The number of fused-ring (bicyclic) bond motifs is 1. The van der Waals surface area contributed by atoms with Crippen LogP contribution in [0.4, 0.5) is 5.82 Å². The lowest BCUT2D eigenvalue weighted by atomic mass is 10.0. The number of unbranched alkanes of at least 4 members (excludes halogenated alkanes) is 1. The summed E-state index contributed by atoms with van der Waals surface area (Å²) in [6, 6.07) is 13.8. The number of carbonyl (C=O) groups excluding carboxylic acids is 1. The lowest BCUT2D eigenvalue weighted by molar-refractivity contribution is 0.102. The molecule has 0 amide bonds. The van der Waals surface area contributed by atoms with Crippen molar-refractivity contribution < 1.29 is 4.79 Å². The summed E-state index contributed by atoms with van der Waals surface area (Å²) in [6.45, 7) is 4.64. The molecule has 0 atom stereocenters. The highest BCUT2D eigenvalue weighted by Crippen LogP contribution is 2.29. The summed E-state index contributed by atoms with van der Waals surface area (Å²) in [6.07, 6.45) is 2.22. The molecule has 2 aromatic heterocycles. The third kappa shape index (κ3) is 3.22. The van der Waals surface area contributed by atoms with E-state index in [9.17, 15) is 4.79 Å². The minimum absolute atomic E-state index is 0.0219. The van der Waals surface area contributed by atoms with Crippen LogP contribution in [0.3, 0.4) is 0 Å². The standard InChI is InChI=1S/C19H20BrN3O/c1-3-4-12-21-17-7-5-6-16-18(13(2)24)19(22-23(16)17)14-8-10-15(20)11-9-14/h5-11,21H,3-4,12H2,1-2H3. The van der Waals surface area contributed by atoms with Gasteiger partial charge in [0.15, 0.2) is 5.78 Å². The van der Waals surface area contributed by atoms with Gasteiger partial charge < -0.3 is 5.32 Å². The fourth-order valence-electron chi connectivity index (χ4n) is 2.75. The molecule has 0 saturated carbocycles. The Labute approximate surface area is 150 Å². The summed E-state index contributed by atoms with van der Waals surface area (Å²) in [5.74, 6) is 0.931. The molecule has 0 aliphatic rings. The molecule has 0 fully saturated rings.